The molecule has 0 saturated carbocycles. The van der Waals surface area contributed by atoms with Gasteiger partial charge < -0.3 is 9.84 Å². The van der Waals surface area contributed by atoms with Crippen molar-refractivity contribution in [1.82, 2.24) is 0 Å². The first-order valence-corrected chi connectivity index (χ1v) is 24.9. The number of phosphoric acid groups is 5. The van der Waals surface area contributed by atoms with Crippen molar-refractivity contribution in [3.8, 4) is 12.3 Å². The highest BCUT2D eigenvalue weighted by molar-refractivity contribution is 7.49. The Bertz CT molecular complexity index is 1350. The molecule has 0 bridgehead atoms. The summed E-state index contributed by atoms with van der Waals surface area (Å²) < 4.78 is 145. The summed E-state index contributed by atoms with van der Waals surface area (Å²) in [6.07, 6.45) is 6.30. The summed E-state index contributed by atoms with van der Waals surface area (Å²) in [5.41, 5.74) is 0. The number of unbranched alkanes of at least 4 members (excludes halogenated alkanes) is 2. The summed E-state index contributed by atoms with van der Waals surface area (Å²) in [7, 11) is -14.0. The van der Waals surface area contributed by atoms with Crippen molar-refractivity contribution in [3.05, 3.63) is 0 Å². The van der Waals surface area contributed by atoms with E-state index < -0.39 is 51.3 Å². The van der Waals surface area contributed by atoms with Crippen LogP contribution in [0.25, 0.3) is 0 Å². The molecule has 1 fully saturated rings. The van der Waals surface area contributed by atoms with E-state index in [0.717, 1.165) is 28.4 Å². The molecule has 8 unspecified atom stereocenters. The minimum atomic E-state index is -4.01. The van der Waals surface area contributed by atoms with Gasteiger partial charge in [-0.3, -0.25) is 67.9 Å². The van der Waals surface area contributed by atoms with Crippen molar-refractivity contribution in [1.29, 1.82) is 0 Å². The topological polar surface area (TPSA) is 253 Å². The van der Waals surface area contributed by atoms with Crippen LogP contribution in [0.2, 0.25) is 0 Å². The predicted molar refractivity (Wildman–Crippen MR) is 199 cm³/mol. The fraction of sp³-hybridized carbons (Fsp3) is 0.931. The smallest absolute Gasteiger partial charge is 0.390 e. The van der Waals surface area contributed by atoms with Crippen LogP contribution in [0.3, 0.4) is 0 Å². The number of terminal acetylenes is 1. The van der Waals surface area contributed by atoms with Gasteiger partial charge in [-0.25, -0.2) is 22.8 Å². The number of aliphatic hydroxyl groups excluding tert-OH is 1. The summed E-state index contributed by atoms with van der Waals surface area (Å²) in [6, 6.07) is 0. The molecule has 0 amide bonds. The highest BCUT2D eigenvalue weighted by Crippen LogP contribution is 2.53. The Morgan fingerprint density at radius 3 is 1.05 bits per heavy atom. The van der Waals surface area contributed by atoms with Crippen molar-refractivity contribution >= 4 is 39.1 Å². The Morgan fingerprint density at radius 2 is 0.804 bits per heavy atom. The zero-order valence-electron chi connectivity index (χ0n) is 32.8. The monoisotopic (exact) mass is 914 g/mol. The van der Waals surface area contributed by atoms with Crippen molar-refractivity contribution in [2.24, 2.45) is 0 Å². The second-order valence-corrected chi connectivity index (χ2v) is 20.2. The Labute approximate surface area is 329 Å². The number of ether oxygens (including phenoxy) is 1. The van der Waals surface area contributed by atoms with Crippen LogP contribution >= 0.6 is 39.1 Å². The lowest BCUT2D eigenvalue weighted by atomic mass is 10.1. The molecule has 0 radical (unpaired) electrons. The molecule has 1 rings (SSSR count). The number of phosphoric ester groups is 5. The number of rotatable bonds is 37. The van der Waals surface area contributed by atoms with Gasteiger partial charge in [-0.05, 0) is 45.4 Å². The quantitative estimate of drug-likeness (QED) is 0.0381. The maximum absolute atomic E-state index is 12.8. The second-order valence-electron chi connectivity index (χ2n) is 11.3. The number of hydrogen-bond acceptors (Lipinski definition) is 22. The molecular formula is C29H59O22P5. The van der Waals surface area contributed by atoms with Crippen molar-refractivity contribution in [2.75, 3.05) is 102 Å². The van der Waals surface area contributed by atoms with E-state index in [0.29, 0.717) is 25.7 Å². The van der Waals surface area contributed by atoms with Gasteiger partial charge in [0.2, 0.25) is 0 Å². The highest BCUT2D eigenvalue weighted by atomic mass is 31.2. The lowest BCUT2D eigenvalue weighted by Gasteiger charge is -2.20. The Balaban J connectivity index is 2.27. The molecule has 27 heteroatoms. The average molecular weight is 915 g/mol. The summed E-state index contributed by atoms with van der Waals surface area (Å²) in [5.74, 6) is 2.50. The summed E-state index contributed by atoms with van der Waals surface area (Å²) in [5, 5.41) is 9.95. The highest BCUT2D eigenvalue weighted by Gasteiger charge is 2.35. The molecule has 0 aromatic rings. The molecule has 332 valence electrons. The van der Waals surface area contributed by atoms with Crippen molar-refractivity contribution in [2.45, 2.75) is 76.6 Å². The molecule has 22 nitrogen and oxygen atoms in total. The van der Waals surface area contributed by atoms with Gasteiger partial charge in [-0.1, -0.05) is 0 Å². The zero-order chi connectivity index (χ0) is 42.0. The lowest BCUT2D eigenvalue weighted by molar-refractivity contribution is -0.0206. The van der Waals surface area contributed by atoms with Gasteiger partial charge in [0.25, 0.3) is 0 Å². The summed E-state index contributed by atoms with van der Waals surface area (Å²) in [6.45, 7) is 0.436. The van der Waals surface area contributed by atoms with E-state index in [1.807, 2.05) is 0 Å². The van der Waals surface area contributed by atoms with E-state index in [-0.39, 0.29) is 97.9 Å². The maximum atomic E-state index is 12.8. The van der Waals surface area contributed by atoms with Gasteiger partial charge in [-0.2, -0.15) is 0 Å². The van der Waals surface area contributed by atoms with Gasteiger partial charge >= 0.3 is 39.1 Å². The fourth-order valence-electron chi connectivity index (χ4n) is 4.12. The SMILES string of the molecule is C#CCCCCOP(=O)(OC)OCCCOP(=O)(OC)OCCCOP(=O)(OC)OCCCOP(=O)(OC)OCCCOP(=O)(OC)OCC1OC(C)CC1O. The third-order valence-corrected chi connectivity index (χ3v) is 14.2. The van der Waals surface area contributed by atoms with E-state index >= 15 is 0 Å². The van der Waals surface area contributed by atoms with Crippen LogP contribution in [0.4, 0.5) is 0 Å². The number of hydrogen-bond donors (Lipinski definition) is 1. The molecule has 56 heavy (non-hydrogen) atoms. The van der Waals surface area contributed by atoms with Crippen LogP contribution in [0.15, 0.2) is 0 Å². The molecule has 1 heterocycles. The van der Waals surface area contributed by atoms with Crippen LogP contribution in [0.5, 0.6) is 0 Å². The maximum Gasteiger partial charge on any atom is 0.474 e. The minimum absolute atomic E-state index is 0.0782. The van der Waals surface area contributed by atoms with E-state index in [2.05, 4.69) is 5.92 Å². The molecule has 1 aliphatic rings. The van der Waals surface area contributed by atoms with Crippen molar-refractivity contribution < 1.29 is 101 Å². The van der Waals surface area contributed by atoms with Gasteiger partial charge in [0, 0.05) is 48.4 Å². The minimum Gasteiger partial charge on any atom is -0.390 e. The van der Waals surface area contributed by atoms with Gasteiger partial charge in [0.05, 0.1) is 78.3 Å². The van der Waals surface area contributed by atoms with E-state index in [1.165, 1.54) is 7.11 Å². The second kappa shape index (κ2) is 29.3. The zero-order valence-corrected chi connectivity index (χ0v) is 37.3. The van der Waals surface area contributed by atoms with Crippen LogP contribution in [0.1, 0.15) is 58.3 Å². The fourth-order valence-corrected chi connectivity index (χ4v) is 9.05. The summed E-state index contributed by atoms with van der Waals surface area (Å²) in [4.78, 5) is 0. The van der Waals surface area contributed by atoms with Crippen LogP contribution in [-0.2, 0) is 95.4 Å². The lowest BCUT2D eigenvalue weighted by Crippen LogP contribution is -2.26. The van der Waals surface area contributed by atoms with E-state index in [4.69, 9.17) is 79.0 Å². The number of aliphatic hydroxyl groups is 1. The average Bonchev–Trinajstić information content (AvgIpc) is 3.52. The Hall–Kier alpha value is 0.0300. The molecule has 1 aliphatic heterocycles. The normalized spacial score (nSPS) is 22.7. The van der Waals surface area contributed by atoms with Crippen molar-refractivity contribution in [3.63, 3.8) is 0 Å². The molecule has 0 aromatic carbocycles. The van der Waals surface area contributed by atoms with Crippen LogP contribution < -0.4 is 0 Å². The van der Waals surface area contributed by atoms with Gasteiger partial charge in [0.1, 0.15) is 6.10 Å². The van der Waals surface area contributed by atoms with Crippen LogP contribution in [0, 0.1) is 12.3 Å². The van der Waals surface area contributed by atoms with Gasteiger partial charge in [-0.15, -0.1) is 12.3 Å². The predicted octanol–water partition coefficient (Wildman–Crippen LogP) is 6.83. The molecule has 0 aromatic heterocycles. The molecule has 1 N–H and O–H groups in total. The standard InChI is InChI=1S/C29H59O22P5/c1-8-9-10-11-16-41-52(31,36-3)42-17-12-18-43-53(32,37-4)44-19-13-20-45-54(33,38-5)46-21-14-22-47-55(34,39-6)48-23-15-24-49-56(35,40-7)50-26-29-28(30)25-27(2)51-29/h1,27-30H,9-26H2,2-7H3. The largest absolute Gasteiger partial charge is 0.474 e. The first-order chi connectivity index (χ1) is 26.6. The van der Waals surface area contributed by atoms with E-state index in [9.17, 15) is 27.9 Å². The first-order valence-electron chi connectivity index (χ1n) is 17.6. The molecular weight excluding hydrogens is 855 g/mol. The Kier molecular flexibility index (Phi) is 28.3. The molecule has 0 aliphatic carbocycles. The van der Waals surface area contributed by atoms with Gasteiger partial charge in [0.15, 0.2) is 0 Å². The first kappa shape index (κ1) is 54.0. The van der Waals surface area contributed by atoms with E-state index in [1.54, 1.807) is 6.92 Å². The third-order valence-electron chi connectivity index (χ3n) is 7.04. The molecule has 0 spiro atoms. The van der Waals surface area contributed by atoms with Crippen LogP contribution in [-0.4, -0.2) is 125 Å². The Morgan fingerprint density at radius 1 is 0.518 bits per heavy atom. The summed E-state index contributed by atoms with van der Waals surface area (Å²) >= 11 is 0. The third kappa shape index (κ3) is 23.1. The molecule has 8 atom stereocenters. The molecule has 1 saturated heterocycles.